The molecule has 0 atom stereocenters. The van der Waals surface area contributed by atoms with Crippen LogP contribution in [0.25, 0.3) is 0 Å². The fraction of sp³-hybridized carbons (Fsp3) is 0.615. The minimum atomic E-state index is 0.227. The molecule has 1 saturated carbocycles. The summed E-state index contributed by atoms with van der Waals surface area (Å²) >= 11 is 0. The molecule has 84 valence electrons. The van der Waals surface area contributed by atoms with Gasteiger partial charge in [-0.1, -0.05) is 31.2 Å². The number of carbonyl (C=O) groups is 1. The van der Waals surface area contributed by atoms with E-state index in [0.29, 0.717) is 12.5 Å². The Morgan fingerprint density at radius 1 is 1.20 bits per heavy atom. The zero-order valence-corrected chi connectivity index (χ0v) is 9.54. The summed E-state index contributed by atoms with van der Waals surface area (Å²) in [7, 11) is 0. The van der Waals surface area contributed by atoms with Crippen molar-refractivity contribution in [2.45, 2.75) is 39.0 Å². The normalized spacial score (nSPS) is 16.3. The summed E-state index contributed by atoms with van der Waals surface area (Å²) in [5, 5.41) is 2.90. The maximum atomic E-state index is 11.2. The lowest BCUT2D eigenvalue weighted by molar-refractivity contribution is -0.122. The van der Waals surface area contributed by atoms with E-state index < -0.39 is 0 Å². The van der Waals surface area contributed by atoms with Crippen molar-refractivity contribution in [3.63, 3.8) is 0 Å². The van der Waals surface area contributed by atoms with Gasteiger partial charge in [0.2, 0.25) is 5.91 Å². The number of hydrogen-bond acceptors (Lipinski definition) is 1. The van der Waals surface area contributed by atoms with Crippen LogP contribution in [0, 0.1) is 5.92 Å². The van der Waals surface area contributed by atoms with Crippen LogP contribution in [0.2, 0.25) is 0 Å². The first-order chi connectivity index (χ1) is 7.34. The van der Waals surface area contributed by atoms with E-state index in [0.717, 1.165) is 32.1 Å². The van der Waals surface area contributed by atoms with Crippen LogP contribution in [0.3, 0.4) is 0 Å². The van der Waals surface area contributed by atoms with Crippen molar-refractivity contribution in [2.75, 3.05) is 6.54 Å². The maximum absolute atomic E-state index is 11.2. The second-order valence-corrected chi connectivity index (χ2v) is 3.95. The molecule has 0 unspecified atom stereocenters. The first-order valence-corrected chi connectivity index (χ1v) is 5.92. The van der Waals surface area contributed by atoms with Gasteiger partial charge < -0.3 is 5.32 Å². The molecular weight excluding hydrogens is 186 g/mol. The molecule has 1 N–H and O–H groups in total. The fourth-order valence-electron chi connectivity index (χ4n) is 1.33. The van der Waals surface area contributed by atoms with Crippen LogP contribution in [-0.2, 0) is 4.79 Å². The summed E-state index contributed by atoms with van der Waals surface area (Å²) in [6.45, 7) is 2.83. The Hall–Kier alpha value is -1.05. The van der Waals surface area contributed by atoms with Gasteiger partial charge in [0.05, 0.1) is 0 Å². The number of carbonyl (C=O) groups excluding carboxylic acids is 1. The van der Waals surface area contributed by atoms with Crippen molar-refractivity contribution in [2.24, 2.45) is 5.92 Å². The molecule has 2 heteroatoms. The molecule has 0 bridgehead atoms. The highest BCUT2D eigenvalue weighted by molar-refractivity contribution is 5.80. The molecule has 0 aliphatic heterocycles. The number of allylic oxidation sites excluding steroid dienone is 3. The summed E-state index contributed by atoms with van der Waals surface area (Å²) in [5.41, 5.74) is 0. The number of hydrogen-bond donors (Lipinski definition) is 1. The smallest absolute Gasteiger partial charge is 0.223 e. The van der Waals surface area contributed by atoms with E-state index in [9.17, 15) is 4.79 Å². The van der Waals surface area contributed by atoms with E-state index in [1.165, 1.54) is 0 Å². The van der Waals surface area contributed by atoms with Crippen LogP contribution in [0.1, 0.15) is 39.0 Å². The zero-order chi connectivity index (χ0) is 10.9. The third-order valence-electron chi connectivity index (χ3n) is 2.41. The van der Waals surface area contributed by atoms with Crippen LogP contribution in [0.4, 0.5) is 0 Å². The van der Waals surface area contributed by atoms with Gasteiger partial charge in [-0.2, -0.15) is 0 Å². The second kappa shape index (κ2) is 7.27. The summed E-state index contributed by atoms with van der Waals surface area (Å²) in [6.07, 6.45) is 14.0. The number of rotatable bonds is 7. The first-order valence-electron chi connectivity index (χ1n) is 5.92. The molecule has 0 spiro atoms. The standard InChI is InChI=1S/C13H21NO/c1-2-3-4-5-6-7-8-11-14-13(15)12-9-10-12/h3-4,7-8,12H,2,5-6,9-11H2,1H3,(H,14,15)/b4-3+,8-7+. The minimum absolute atomic E-state index is 0.227. The van der Waals surface area contributed by atoms with Crippen molar-refractivity contribution >= 4 is 5.91 Å². The molecule has 15 heavy (non-hydrogen) atoms. The summed E-state index contributed by atoms with van der Waals surface area (Å²) in [5.74, 6) is 0.552. The molecule has 0 radical (unpaired) electrons. The van der Waals surface area contributed by atoms with E-state index in [1.807, 2.05) is 6.08 Å². The van der Waals surface area contributed by atoms with Gasteiger partial charge in [0, 0.05) is 12.5 Å². The van der Waals surface area contributed by atoms with E-state index in [1.54, 1.807) is 0 Å². The van der Waals surface area contributed by atoms with Gasteiger partial charge in [0.15, 0.2) is 0 Å². The number of unbranched alkanes of at least 4 members (excludes halogenated alkanes) is 1. The Bertz CT molecular complexity index is 239. The molecule has 1 aliphatic carbocycles. The molecule has 1 rings (SSSR count). The molecule has 0 aromatic carbocycles. The lowest BCUT2D eigenvalue weighted by Gasteiger charge is -1.98. The van der Waals surface area contributed by atoms with Gasteiger partial charge in [0.25, 0.3) is 0 Å². The monoisotopic (exact) mass is 207 g/mol. The number of amides is 1. The molecule has 0 aromatic rings. The second-order valence-electron chi connectivity index (χ2n) is 3.95. The van der Waals surface area contributed by atoms with Gasteiger partial charge in [-0.25, -0.2) is 0 Å². The van der Waals surface area contributed by atoms with Crippen molar-refractivity contribution in [1.29, 1.82) is 0 Å². The van der Waals surface area contributed by atoms with Gasteiger partial charge in [-0.15, -0.1) is 0 Å². The maximum Gasteiger partial charge on any atom is 0.223 e. The van der Waals surface area contributed by atoms with Crippen molar-refractivity contribution in [3.8, 4) is 0 Å². The molecule has 0 saturated heterocycles. The minimum Gasteiger partial charge on any atom is -0.352 e. The Labute approximate surface area is 92.4 Å². The Balaban J connectivity index is 1.92. The summed E-state index contributed by atoms with van der Waals surface area (Å²) in [6, 6.07) is 0. The molecule has 1 amide bonds. The summed E-state index contributed by atoms with van der Waals surface area (Å²) in [4.78, 5) is 11.2. The van der Waals surface area contributed by atoms with Crippen LogP contribution in [0.5, 0.6) is 0 Å². The highest BCUT2D eigenvalue weighted by atomic mass is 16.2. The van der Waals surface area contributed by atoms with E-state index in [-0.39, 0.29) is 5.91 Å². The van der Waals surface area contributed by atoms with Gasteiger partial charge in [0.1, 0.15) is 0 Å². The zero-order valence-electron chi connectivity index (χ0n) is 9.54. The highest BCUT2D eigenvalue weighted by Crippen LogP contribution is 2.28. The fourth-order valence-corrected chi connectivity index (χ4v) is 1.33. The average Bonchev–Trinajstić information content (AvgIpc) is 3.05. The Morgan fingerprint density at radius 2 is 1.87 bits per heavy atom. The third-order valence-corrected chi connectivity index (χ3v) is 2.41. The van der Waals surface area contributed by atoms with Crippen LogP contribution in [-0.4, -0.2) is 12.5 Å². The van der Waals surface area contributed by atoms with Crippen LogP contribution in [0.15, 0.2) is 24.3 Å². The molecule has 0 aromatic heterocycles. The molecule has 2 nitrogen and oxygen atoms in total. The van der Waals surface area contributed by atoms with E-state index in [2.05, 4.69) is 30.5 Å². The van der Waals surface area contributed by atoms with Crippen LogP contribution < -0.4 is 5.32 Å². The topological polar surface area (TPSA) is 29.1 Å². The number of nitrogens with one attached hydrogen (secondary N) is 1. The average molecular weight is 207 g/mol. The van der Waals surface area contributed by atoms with Gasteiger partial charge >= 0.3 is 0 Å². The van der Waals surface area contributed by atoms with Gasteiger partial charge in [-0.3, -0.25) is 4.79 Å². The highest BCUT2D eigenvalue weighted by Gasteiger charge is 2.28. The predicted molar refractivity (Wildman–Crippen MR) is 63.5 cm³/mol. The Morgan fingerprint density at radius 3 is 2.47 bits per heavy atom. The molecule has 1 aliphatic rings. The molecular formula is C13H21NO. The summed E-state index contributed by atoms with van der Waals surface area (Å²) < 4.78 is 0. The van der Waals surface area contributed by atoms with Crippen LogP contribution >= 0.6 is 0 Å². The van der Waals surface area contributed by atoms with Crippen molar-refractivity contribution in [1.82, 2.24) is 5.32 Å². The van der Waals surface area contributed by atoms with Gasteiger partial charge in [-0.05, 0) is 32.1 Å². The molecule has 1 fully saturated rings. The lowest BCUT2D eigenvalue weighted by Crippen LogP contribution is -2.24. The third kappa shape index (κ3) is 6.10. The quantitative estimate of drug-likeness (QED) is 0.505. The SMILES string of the molecule is CC/C=C/CC/C=C/CNC(=O)C1CC1. The molecule has 0 heterocycles. The predicted octanol–water partition coefficient (Wildman–Crippen LogP) is 2.82. The van der Waals surface area contributed by atoms with Crippen molar-refractivity contribution < 1.29 is 4.79 Å². The van der Waals surface area contributed by atoms with E-state index in [4.69, 9.17) is 0 Å². The largest absolute Gasteiger partial charge is 0.352 e. The van der Waals surface area contributed by atoms with E-state index >= 15 is 0 Å². The van der Waals surface area contributed by atoms with Crippen molar-refractivity contribution in [3.05, 3.63) is 24.3 Å². The lowest BCUT2D eigenvalue weighted by atomic mass is 10.2. The first kappa shape index (κ1) is 12.0. The Kier molecular flexibility index (Phi) is 5.83.